The van der Waals surface area contributed by atoms with E-state index in [1.54, 1.807) is 0 Å². The van der Waals surface area contributed by atoms with Crippen LogP contribution in [0.3, 0.4) is 0 Å². The van der Waals surface area contributed by atoms with Gasteiger partial charge >= 0.3 is 0 Å². The van der Waals surface area contributed by atoms with Crippen LogP contribution < -0.4 is 5.32 Å². The first-order chi connectivity index (χ1) is 5.47. The second-order valence-corrected chi connectivity index (χ2v) is 2.17. The molecule has 2 heterocycles. The maximum absolute atomic E-state index is 4.20. The Balaban J connectivity index is 0. The van der Waals surface area contributed by atoms with E-state index in [1.165, 1.54) is 11.4 Å². The Morgan fingerprint density at radius 3 is 2.92 bits per heavy atom. The lowest BCUT2D eigenvalue weighted by atomic mass is 10.3. The summed E-state index contributed by atoms with van der Waals surface area (Å²) in [5, 5.41) is 3.24. The summed E-state index contributed by atoms with van der Waals surface area (Å²) in [7, 11) is 0. The van der Waals surface area contributed by atoms with Crippen molar-refractivity contribution in [2.24, 2.45) is 0 Å². The van der Waals surface area contributed by atoms with Gasteiger partial charge in [-0.1, -0.05) is 13.8 Å². The fourth-order valence-electron chi connectivity index (χ4n) is 1.11. The summed E-state index contributed by atoms with van der Waals surface area (Å²) in [6.07, 6.45) is 2.92. The van der Waals surface area contributed by atoms with Crippen LogP contribution >= 0.6 is 24.0 Å². The smallest absolute Gasteiger partial charge is 0.0652 e. The minimum absolute atomic E-state index is 0. The standard InChI is InChI=1S/C7H8N2.C2H6.HI.H2/c1-2-6-7(8-4-1)3-5-9-6;1-2;;/h1-2,4,9H,3,5H2;1-2H3;2*1H. The van der Waals surface area contributed by atoms with Gasteiger partial charge in [-0.2, -0.15) is 0 Å². The number of hydrogen-bond acceptors (Lipinski definition) is 2. The number of nitrogens with one attached hydrogen (secondary N) is 1. The Morgan fingerprint density at radius 2 is 2.25 bits per heavy atom. The molecule has 0 saturated carbocycles. The van der Waals surface area contributed by atoms with Crippen LogP contribution in [0.1, 0.15) is 21.0 Å². The Hall–Kier alpha value is -0.320. The minimum atomic E-state index is 0. The summed E-state index contributed by atoms with van der Waals surface area (Å²) in [5.74, 6) is 0. The van der Waals surface area contributed by atoms with Crippen molar-refractivity contribution in [1.29, 1.82) is 0 Å². The number of hydrogen-bond donors (Lipinski definition) is 1. The number of rotatable bonds is 0. The molecule has 1 N–H and O–H groups in total. The summed E-state index contributed by atoms with van der Waals surface area (Å²) in [6, 6.07) is 4.02. The van der Waals surface area contributed by atoms with Gasteiger partial charge in [0, 0.05) is 20.6 Å². The minimum Gasteiger partial charge on any atom is -0.383 e. The SMILES string of the molecule is CC.I.[HH].c1cnc2c(c1)NCC2. The highest BCUT2D eigenvalue weighted by Gasteiger charge is 2.07. The summed E-state index contributed by atoms with van der Waals surface area (Å²) in [5.41, 5.74) is 2.41. The number of pyridine rings is 1. The van der Waals surface area contributed by atoms with E-state index in [2.05, 4.69) is 16.4 Å². The summed E-state index contributed by atoms with van der Waals surface area (Å²) in [4.78, 5) is 4.20. The highest BCUT2D eigenvalue weighted by molar-refractivity contribution is 14.0. The maximum atomic E-state index is 4.20. The van der Waals surface area contributed by atoms with Crippen molar-refractivity contribution >= 4 is 29.7 Å². The molecule has 0 fully saturated rings. The quantitative estimate of drug-likeness (QED) is 0.739. The summed E-state index contributed by atoms with van der Waals surface area (Å²) >= 11 is 0. The molecule has 2 rings (SSSR count). The Bertz CT molecular complexity index is 208. The molecule has 0 aromatic carbocycles. The van der Waals surface area contributed by atoms with E-state index in [4.69, 9.17) is 0 Å². The van der Waals surface area contributed by atoms with Crippen LogP contribution in [0.5, 0.6) is 0 Å². The van der Waals surface area contributed by atoms with Crippen LogP contribution in [0, 0.1) is 0 Å². The van der Waals surface area contributed by atoms with Crippen LogP contribution in [0.4, 0.5) is 5.69 Å². The van der Waals surface area contributed by atoms with Gasteiger partial charge < -0.3 is 5.32 Å². The number of nitrogens with zero attached hydrogens (tertiary/aromatic N) is 1. The van der Waals surface area contributed by atoms with E-state index in [0.717, 1.165) is 13.0 Å². The number of halogens is 1. The first-order valence-electron chi connectivity index (χ1n) is 4.14. The average molecular weight is 280 g/mol. The molecule has 0 radical (unpaired) electrons. The second-order valence-electron chi connectivity index (χ2n) is 2.17. The number of fused-ring (bicyclic) bond motifs is 1. The third-order valence-corrected chi connectivity index (χ3v) is 1.57. The van der Waals surface area contributed by atoms with Gasteiger partial charge in [0.1, 0.15) is 0 Å². The number of aromatic nitrogens is 1. The van der Waals surface area contributed by atoms with Crippen molar-refractivity contribution in [2.45, 2.75) is 20.3 Å². The molecule has 0 saturated heterocycles. The van der Waals surface area contributed by atoms with E-state index >= 15 is 0 Å². The second kappa shape index (κ2) is 6.22. The van der Waals surface area contributed by atoms with Gasteiger partial charge in [-0.25, -0.2) is 0 Å². The lowest BCUT2D eigenvalue weighted by Gasteiger charge is -1.93. The van der Waals surface area contributed by atoms with E-state index in [-0.39, 0.29) is 25.4 Å². The molecule has 1 aromatic heterocycles. The fraction of sp³-hybridized carbons (Fsp3) is 0.444. The summed E-state index contributed by atoms with van der Waals surface area (Å²) < 4.78 is 0. The number of anilines is 1. The molecule has 12 heavy (non-hydrogen) atoms. The highest BCUT2D eigenvalue weighted by Crippen LogP contribution is 2.17. The zero-order chi connectivity index (χ0) is 8.10. The molecule has 3 heteroatoms. The predicted molar refractivity (Wildman–Crippen MR) is 65.3 cm³/mol. The van der Waals surface area contributed by atoms with Crippen molar-refractivity contribution in [3.8, 4) is 0 Å². The molecule has 1 aliphatic rings. The van der Waals surface area contributed by atoms with Gasteiger partial charge in [-0.05, 0) is 12.1 Å². The van der Waals surface area contributed by atoms with Crippen molar-refractivity contribution in [1.82, 2.24) is 4.98 Å². The van der Waals surface area contributed by atoms with Crippen LogP contribution in [0.25, 0.3) is 0 Å². The van der Waals surface area contributed by atoms with Gasteiger partial charge in [0.15, 0.2) is 0 Å². The van der Waals surface area contributed by atoms with Gasteiger partial charge in [0.25, 0.3) is 0 Å². The zero-order valence-corrected chi connectivity index (χ0v) is 9.83. The molecule has 70 valence electrons. The Labute approximate surface area is 92.3 Å². The third-order valence-electron chi connectivity index (χ3n) is 1.57. The highest BCUT2D eigenvalue weighted by atomic mass is 127. The van der Waals surface area contributed by atoms with Crippen LogP contribution in [-0.2, 0) is 6.42 Å². The largest absolute Gasteiger partial charge is 0.383 e. The molecule has 0 bridgehead atoms. The van der Waals surface area contributed by atoms with Crippen molar-refractivity contribution in [3.63, 3.8) is 0 Å². The van der Waals surface area contributed by atoms with E-state index in [9.17, 15) is 0 Å². The Morgan fingerprint density at radius 1 is 1.50 bits per heavy atom. The van der Waals surface area contributed by atoms with Crippen molar-refractivity contribution in [2.75, 3.05) is 11.9 Å². The molecule has 2 nitrogen and oxygen atoms in total. The monoisotopic (exact) mass is 280 g/mol. The first-order valence-corrected chi connectivity index (χ1v) is 4.14. The zero-order valence-electron chi connectivity index (χ0n) is 7.50. The van der Waals surface area contributed by atoms with Gasteiger partial charge in [0.05, 0.1) is 11.4 Å². The summed E-state index contributed by atoms with van der Waals surface area (Å²) in [6.45, 7) is 5.05. The molecule has 1 aromatic rings. The molecular weight excluding hydrogens is 263 g/mol. The van der Waals surface area contributed by atoms with Gasteiger partial charge in [-0.15, -0.1) is 24.0 Å². The van der Waals surface area contributed by atoms with Crippen molar-refractivity contribution < 1.29 is 1.43 Å². The lowest BCUT2D eigenvalue weighted by molar-refractivity contribution is 1.04. The van der Waals surface area contributed by atoms with Crippen molar-refractivity contribution in [3.05, 3.63) is 24.0 Å². The third kappa shape index (κ3) is 2.62. The fourth-order valence-corrected chi connectivity index (χ4v) is 1.11. The first kappa shape index (κ1) is 11.7. The molecule has 0 spiro atoms. The average Bonchev–Trinajstić information content (AvgIpc) is 2.55. The normalized spacial score (nSPS) is 11.5. The van der Waals surface area contributed by atoms with E-state index < -0.39 is 0 Å². The molecule has 0 atom stereocenters. The molecule has 1 aliphatic heterocycles. The van der Waals surface area contributed by atoms with Crippen LogP contribution in [0.15, 0.2) is 18.3 Å². The Kier molecular flexibility index (Phi) is 6.06. The van der Waals surface area contributed by atoms with E-state index in [1.807, 2.05) is 26.1 Å². The molecule has 0 amide bonds. The van der Waals surface area contributed by atoms with Crippen LogP contribution in [-0.4, -0.2) is 11.5 Å². The molecule has 0 unspecified atom stereocenters. The predicted octanol–water partition coefficient (Wildman–Crippen LogP) is 2.94. The van der Waals surface area contributed by atoms with Gasteiger partial charge in [-0.3, -0.25) is 4.98 Å². The van der Waals surface area contributed by atoms with E-state index in [0.29, 0.717) is 0 Å². The van der Waals surface area contributed by atoms with Crippen LogP contribution in [0.2, 0.25) is 0 Å². The topological polar surface area (TPSA) is 24.9 Å². The van der Waals surface area contributed by atoms with Gasteiger partial charge in [0.2, 0.25) is 0 Å². The lowest BCUT2D eigenvalue weighted by Crippen LogP contribution is -1.90. The molecular formula is C9H17IN2. The maximum Gasteiger partial charge on any atom is 0.0652 e. The molecule has 0 aliphatic carbocycles.